The molecule has 0 atom stereocenters. The van der Waals surface area contributed by atoms with Gasteiger partial charge in [-0.1, -0.05) is 66.7 Å². The Morgan fingerprint density at radius 3 is 2.38 bits per heavy atom. The van der Waals surface area contributed by atoms with Crippen LogP contribution in [-0.2, 0) is 4.74 Å². The molecule has 2 aromatic rings. The highest BCUT2D eigenvalue weighted by molar-refractivity contribution is 6.34. The Morgan fingerprint density at radius 1 is 1.00 bits per heavy atom. The highest BCUT2D eigenvalue weighted by Gasteiger charge is 2.18. The van der Waals surface area contributed by atoms with E-state index >= 15 is 0 Å². The number of rotatable bonds is 5. The quantitative estimate of drug-likeness (QED) is 0.384. The van der Waals surface area contributed by atoms with Gasteiger partial charge in [-0.2, -0.15) is 0 Å². The third-order valence-corrected chi connectivity index (χ3v) is 5.16. The minimum Gasteiger partial charge on any atom is -0.453 e. The second kappa shape index (κ2) is 8.65. The van der Waals surface area contributed by atoms with Gasteiger partial charge in [-0.15, -0.1) is 0 Å². The number of Topliss-reactive ketones (excluding diaryl/α,β-unsaturated/α-hetero) is 1. The van der Waals surface area contributed by atoms with Crippen molar-refractivity contribution in [2.45, 2.75) is 38.0 Å². The van der Waals surface area contributed by atoms with Crippen molar-refractivity contribution in [3.8, 4) is 0 Å². The monoisotopic (exact) mass is 391 g/mol. The van der Waals surface area contributed by atoms with Crippen LogP contribution < -0.4 is 0 Å². The summed E-state index contributed by atoms with van der Waals surface area (Å²) in [6, 6.07) is 10.5. The Balaban J connectivity index is 1.59. The van der Waals surface area contributed by atoms with Crippen LogP contribution in [0, 0.1) is 0 Å². The largest absolute Gasteiger partial charge is 0.453 e. The highest BCUT2D eigenvalue weighted by Crippen LogP contribution is 2.32. The molecular weight excluding hydrogens is 373 g/mol. The molecule has 0 bridgehead atoms. The van der Waals surface area contributed by atoms with E-state index in [0.717, 1.165) is 0 Å². The fraction of sp³-hybridized carbons (Fsp3) is 0.350. The van der Waals surface area contributed by atoms with E-state index in [1.807, 2.05) is 12.1 Å². The van der Waals surface area contributed by atoms with Crippen molar-refractivity contribution < 1.29 is 14.3 Å². The zero-order valence-corrected chi connectivity index (χ0v) is 15.7. The number of carbonyl (C=O) groups excluding carboxylic acids is 2. The fourth-order valence-corrected chi connectivity index (χ4v) is 3.55. The number of nitrogens with zero attached hydrogens (tertiary/aromatic N) is 1. The maximum Gasteiger partial charge on any atom is 0.359 e. The van der Waals surface area contributed by atoms with E-state index in [2.05, 4.69) is 4.98 Å². The number of ether oxygens (including phenoxy) is 1. The summed E-state index contributed by atoms with van der Waals surface area (Å²) in [5.41, 5.74) is 1.69. The van der Waals surface area contributed by atoms with Crippen molar-refractivity contribution in [2.24, 2.45) is 0 Å². The van der Waals surface area contributed by atoms with E-state index in [0.29, 0.717) is 11.5 Å². The first-order valence-electron chi connectivity index (χ1n) is 8.67. The Labute approximate surface area is 162 Å². The van der Waals surface area contributed by atoms with Gasteiger partial charge in [0.25, 0.3) is 0 Å². The summed E-state index contributed by atoms with van der Waals surface area (Å²) in [4.78, 5) is 28.1. The highest BCUT2D eigenvalue weighted by atomic mass is 35.5. The van der Waals surface area contributed by atoms with Crippen LogP contribution in [-0.4, -0.2) is 23.3 Å². The van der Waals surface area contributed by atoms with Gasteiger partial charge in [-0.05, 0) is 36.5 Å². The number of pyridine rings is 1. The van der Waals surface area contributed by atoms with Crippen molar-refractivity contribution in [3.05, 3.63) is 63.4 Å². The first kappa shape index (κ1) is 18.9. The zero-order valence-electron chi connectivity index (χ0n) is 14.2. The molecule has 0 N–H and O–H groups in total. The molecule has 1 aromatic carbocycles. The van der Waals surface area contributed by atoms with Gasteiger partial charge >= 0.3 is 5.97 Å². The van der Waals surface area contributed by atoms with Gasteiger partial charge in [0.05, 0.1) is 5.02 Å². The Kier molecular flexibility index (Phi) is 6.28. The Bertz CT molecular complexity index is 799. The first-order valence-corrected chi connectivity index (χ1v) is 9.42. The predicted octanol–water partition coefficient (Wildman–Crippen LogP) is 5.48. The van der Waals surface area contributed by atoms with Crippen LogP contribution in [0.5, 0.6) is 0 Å². The summed E-state index contributed by atoms with van der Waals surface area (Å²) in [7, 11) is 0. The van der Waals surface area contributed by atoms with Crippen LogP contribution in [0.15, 0.2) is 36.4 Å². The van der Waals surface area contributed by atoms with Crippen molar-refractivity contribution in [1.29, 1.82) is 0 Å². The third kappa shape index (κ3) is 4.63. The summed E-state index contributed by atoms with van der Waals surface area (Å²) in [5.74, 6) is -0.460. The number of hydrogen-bond acceptors (Lipinski definition) is 4. The molecule has 1 aliphatic carbocycles. The lowest BCUT2D eigenvalue weighted by molar-refractivity contribution is 0.0469. The summed E-state index contributed by atoms with van der Waals surface area (Å²) in [5, 5.41) is 0.259. The second-order valence-corrected chi connectivity index (χ2v) is 7.22. The predicted molar refractivity (Wildman–Crippen MR) is 101 cm³/mol. The standard InChI is InChI=1S/C20H19Cl2NO3/c21-16-10-11-18(22)23-19(16)20(25)26-12-17(24)15-8-6-14(7-9-15)13-4-2-1-3-5-13/h6-11,13H,1-5,12H2. The molecule has 0 aliphatic heterocycles. The van der Waals surface area contributed by atoms with Crippen LogP contribution in [0.1, 0.15) is 64.4 Å². The summed E-state index contributed by atoms with van der Waals surface area (Å²) in [6.45, 7) is -0.369. The Morgan fingerprint density at radius 2 is 1.69 bits per heavy atom. The Hall–Kier alpha value is -1.91. The molecule has 3 rings (SSSR count). The van der Waals surface area contributed by atoms with Gasteiger partial charge in [0, 0.05) is 5.56 Å². The molecular formula is C20H19Cl2NO3. The van der Waals surface area contributed by atoms with Gasteiger partial charge in [0.1, 0.15) is 5.15 Å². The average Bonchev–Trinajstić information content (AvgIpc) is 2.68. The van der Waals surface area contributed by atoms with E-state index in [-0.39, 0.29) is 28.3 Å². The van der Waals surface area contributed by atoms with Crippen molar-refractivity contribution in [1.82, 2.24) is 4.98 Å². The van der Waals surface area contributed by atoms with Gasteiger partial charge in [0.2, 0.25) is 0 Å². The first-order chi connectivity index (χ1) is 12.5. The van der Waals surface area contributed by atoms with Crippen LogP contribution in [0.3, 0.4) is 0 Å². The molecule has 6 heteroatoms. The van der Waals surface area contributed by atoms with E-state index < -0.39 is 5.97 Å². The minimum absolute atomic E-state index is 0.0976. The minimum atomic E-state index is -0.773. The van der Waals surface area contributed by atoms with Crippen LogP contribution in [0.25, 0.3) is 0 Å². The molecule has 1 saturated carbocycles. The topological polar surface area (TPSA) is 56.3 Å². The molecule has 0 amide bonds. The molecule has 1 heterocycles. The van der Waals surface area contributed by atoms with Gasteiger partial charge in [0.15, 0.2) is 18.1 Å². The lowest BCUT2D eigenvalue weighted by Crippen LogP contribution is -2.16. The third-order valence-electron chi connectivity index (χ3n) is 4.65. The number of benzene rings is 1. The fourth-order valence-electron chi connectivity index (χ4n) is 3.22. The maximum atomic E-state index is 12.3. The maximum absolute atomic E-state index is 12.3. The van der Waals surface area contributed by atoms with Crippen molar-refractivity contribution in [2.75, 3.05) is 6.61 Å². The SMILES string of the molecule is O=C(COC(=O)c1nc(Cl)ccc1Cl)c1ccc(C2CCCCC2)cc1. The van der Waals surface area contributed by atoms with Crippen LogP contribution >= 0.6 is 23.2 Å². The molecule has 4 nitrogen and oxygen atoms in total. The molecule has 1 aliphatic rings. The molecule has 26 heavy (non-hydrogen) atoms. The average molecular weight is 392 g/mol. The van der Waals surface area contributed by atoms with E-state index in [1.54, 1.807) is 12.1 Å². The number of esters is 1. The number of halogens is 2. The van der Waals surface area contributed by atoms with Gasteiger partial charge < -0.3 is 4.74 Å². The molecule has 0 radical (unpaired) electrons. The molecule has 136 valence electrons. The van der Waals surface area contributed by atoms with Crippen molar-refractivity contribution in [3.63, 3.8) is 0 Å². The lowest BCUT2D eigenvalue weighted by atomic mass is 9.84. The second-order valence-electron chi connectivity index (χ2n) is 6.42. The summed E-state index contributed by atoms with van der Waals surface area (Å²) in [6.07, 6.45) is 6.25. The molecule has 1 fully saturated rings. The molecule has 1 aromatic heterocycles. The number of hydrogen-bond donors (Lipinski definition) is 0. The normalized spacial score (nSPS) is 14.8. The van der Waals surface area contributed by atoms with Crippen LogP contribution in [0.4, 0.5) is 0 Å². The molecule has 0 saturated heterocycles. The van der Waals surface area contributed by atoms with Gasteiger partial charge in [-0.25, -0.2) is 9.78 Å². The lowest BCUT2D eigenvalue weighted by Gasteiger charge is -2.22. The summed E-state index contributed by atoms with van der Waals surface area (Å²) < 4.78 is 5.03. The van der Waals surface area contributed by atoms with Crippen molar-refractivity contribution >= 4 is 35.0 Å². The molecule has 0 spiro atoms. The van der Waals surface area contributed by atoms with E-state index in [9.17, 15) is 9.59 Å². The zero-order chi connectivity index (χ0) is 18.5. The number of aromatic nitrogens is 1. The molecule has 0 unspecified atom stereocenters. The van der Waals surface area contributed by atoms with E-state index in [4.69, 9.17) is 27.9 Å². The number of carbonyl (C=O) groups is 2. The van der Waals surface area contributed by atoms with Gasteiger partial charge in [-0.3, -0.25) is 4.79 Å². The van der Waals surface area contributed by atoms with E-state index in [1.165, 1.54) is 49.8 Å². The summed E-state index contributed by atoms with van der Waals surface area (Å²) >= 11 is 11.7. The number of ketones is 1. The van der Waals surface area contributed by atoms with Crippen LogP contribution in [0.2, 0.25) is 10.2 Å². The smallest absolute Gasteiger partial charge is 0.359 e.